The number of hydrogen-bond donors (Lipinski definition) is 5. The van der Waals surface area contributed by atoms with Crippen molar-refractivity contribution in [2.45, 2.75) is 68.7 Å². The highest BCUT2D eigenvalue weighted by atomic mass is 32.1. The van der Waals surface area contributed by atoms with Crippen LogP contribution in [0.15, 0.2) is 42.6 Å². The van der Waals surface area contributed by atoms with Crippen LogP contribution in [0, 0.1) is 12.8 Å². The van der Waals surface area contributed by atoms with Gasteiger partial charge in [0.25, 0.3) is 0 Å². The number of rotatable bonds is 8. The molecular formula is C29H32N6O3S. The van der Waals surface area contributed by atoms with Crippen molar-refractivity contribution in [1.82, 2.24) is 19.9 Å². The van der Waals surface area contributed by atoms with Crippen LogP contribution >= 0.6 is 11.3 Å². The molecule has 0 bridgehead atoms. The molecule has 0 aliphatic heterocycles. The van der Waals surface area contributed by atoms with Crippen molar-refractivity contribution < 1.29 is 15.3 Å². The second-order valence-electron chi connectivity index (χ2n) is 11.1. The third-order valence-corrected chi connectivity index (χ3v) is 9.33. The molecule has 0 amide bonds. The van der Waals surface area contributed by atoms with Crippen molar-refractivity contribution in [3.05, 3.63) is 59.5 Å². The Hall–Kier alpha value is -3.18. The van der Waals surface area contributed by atoms with Gasteiger partial charge in [0.1, 0.15) is 22.4 Å². The lowest BCUT2D eigenvalue weighted by molar-refractivity contribution is 0.00446. The number of nitrogens with one attached hydrogen (secondary N) is 2. The maximum atomic E-state index is 10.8. The Bertz CT molecular complexity index is 1510. The van der Waals surface area contributed by atoms with Gasteiger partial charge in [-0.15, -0.1) is 11.3 Å². The molecule has 3 fully saturated rings. The molecule has 3 saturated carbocycles. The van der Waals surface area contributed by atoms with Gasteiger partial charge >= 0.3 is 0 Å². The minimum atomic E-state index is -1.02. The van der Waals surface area contributed by atoms with E-state index in [1.165, 1.54) is 5.56 Å². The number of aryl methyl sites for hydroxylation is 1. The predicted octanol–water partition coefficient (Wildman–Crippen LogP) is 3.82. The number of pyridine rings is 1. The van der Waals surface area contributed by atoms with E-state index >= 15 is 0 Å². The summed E-state index contributed by atoms with van der Waals surface area (Å²) in [6.07, 6.45) is 3.58. The summed E-state index contributed by atoms with van der Waals surface area (Å²) in [6, 6.07) is 12.2. The van der Waals surface area contributed by atoms with Gasteiger partial charge in [0, 0.05) is 36.6 Å². The minimum absolute atomic E-state index is 0.184. The zero-order valence-electron chi connectivity index (χ0n) is 21.7. The highest BCUT2D eigenvalue weighted by Gasteiger charge is 2.42. The van der Waals surface area contributed by atoms with Crippen molar-refractivity contribution in [1.29, 1.82) is 0 Å². The van der Waals surface area contributed by atoms with E-state index in [4.69, 9.17) is 15.0 Å². The van der Waals surface area contributed by atoms with Crippen LogP contribution < -0.4 is 10.6 Å². The third-order valence-electron chi connectivity index (χ3n) is 8.29. The molecule has 3 aliphatic carbocycles. The van der Waals surface area contributed by atoms with Gasteiger partial charge in [0.2, 0.25) is 5.95 Å². The van der Waals surface area contributed by atoms with E-state index in [0.29, 0.717) is 30.0 Å². The Morgan fingerprint density at radius 1 is 0.949 bits per heavy atom. The Kier molecular flexibility index (Phi) is 6.23. The molecule has 0 spiro atoms. The highest BCUT2D eigenvalue weighted by molar-refractivity contribution is 7.21. The second-order valence-corrected chi connectivity index (χ2v) is 12.1. The molecule has 0 radical (unpaired) electrons. The second kappa shape index (κ2) is 9.78. The monoisotopic (exact) mass is 544 g/mol. The Balaban J connectivity index is 1.24. The molecule has 202 valence electrons. The molecule has 9 nitrogen and oxygen atoms in total. The van der Waals surface area contributed by atoms with Gasteiger partial charge < -0.3 is 26.0 Å². The molecule has 3 heterocycles. The SMILES string of the molecule is Cc1nc(N[C@@H]2C[C@H]2c2ccccc2)nc(N[C@@H]2C[C@H](CO)[C@@H](O)[C@H]2O)c1-c1nc2c(C3CC3)nccc2s1. The normalized spacial score (nSPS) is 28.1. The first-order valence-electron chi connectivity index (χ1n) is 13.7. The molecular weight excluding hydrogens is 512 g/mol. The summed E-state index contributed by atoms with van der Waals surface area (Å²) in [6.45, 7) is 1.77. The third kappa shape index (κ3) is 4.65. The van der Waals surface area contributed by atoms with Gasteiger partial charge in [0.05, 0.1) is 33.8 Å². The quantitative estimate of drug-likeness (QED) is 0.224. The number of aliphatic hydroxyl groups is 3. The van der Waals surface area contributed by atoms with Gasteiger partial charge in [0.15, 0.2) is 0 Å². The minimum Gasteiger partial charge on any atom is -0.396 e. The van der Waals surface area contributed by atoms with Crippen LogP contribution in [0.3, 0.4) is 0 Å². The largest absolute Gasteiger partial charge is 0.396 e. The number of fused-ring (bicyclic) bond motifs is 1. The van der Waals surface area contributed by atoms with E-state index in [0.717, 1.165) is 51.4 Å². The van der Waals surface area contributed by atoms with Crippen molar-refractivity contribution >= 4 is 33.3 Å². The molecule has 6 atom stereocenters. The maximum absolute atomic E-state index is 10.8. The fraction of sp³-hybridized carbons (Fsp3) is 0.448. The van der Waals surface area contributed by atoms with Crippen LogP contribution in [0.2, 0.25) is 0 Å². The average molecular weight is 545 g/mol. The Labute approximate surface area is 230 Å². The van der Waals surface area contributed by atoms with E-state index in [1.807, 2.05) is 25.3 Å². The predicted molar refractivity (Wildman–Crippen MR) is 151 cm³/mol. The maximum Gasteiger partial charge on any atom is 0.225 e. The Morgan fingerprint density at radius 3 is 2.51 bits per heavy atom. The van der Waals surface area contributed by atoms with E-state index in [2.05, 4.69) is 39.9 Å². The summed E-state index contributed by atoms with van der Waals surface area (Å²) in [7, 11) is 0. The van der Waals surface area contributed by atoms with Crippen molar-refractivity contribution in [2.75, 3.05) is 17.2 Å². The molecule has 7 rings (SSSR count). The lowest BCUT2D eigenvalue weighted by Gasteiger charge is -2.21. The summed E-state index contributed by atoms with van der Waals surface area (Å²) in [5.41, 5.74) is 4.86. The van der Waals surface area contributed by atoms with Crippen LogP contribution in [0.4, 0.5) is 11.8 Å². The molecule has 0 saturated heterocycles. The summed E-state index contributed by atoms with van der Waals surface area (Å²) in [4.78, 5) is 19.4. The lowest BCUT2D eigenvalue weighted by atomic mass is 10.1. The van der Waals surface area contributed by atoms with Gasteiger partial charge in [-0.2, -0.15) is 4.98 Å². The molecule has 5 N–H and O–H groups in total. The lowest BCUT2D eigenvalue weighted by Crippen LogP contribution is -2.35. The molecule has 0 unspecified atom stereocenters. The zero-order chi connectivity index (χ0) is 26.7. The summed E-state index contributed by atoms with van der Waals surface area (Å²) in [5.74, 6) is 1.59. The highest BCUT2D eigenvalue weighted by Crippen LogP contribution is 2.45. The van der Waals surface area contributed by atoms with Crippen LogP contribution in [0.25, 0.3) is 20.8 Å². The van der Waals surface area contributed by atoms with Gasteiger partial charge in [-0.25, -0.2) is 9.97 Å². The number of thiazole rings is 1. The van der Waals surface area contributed by atoms with E-state index < -0.39 is 24.2 Å². The molecule has 4 aromatic rings. The van der Waals surface area contributed by atoms with Gasteiger partial charge in [-0.1, -0.05) is 30.3 Å². The van der Waals surface area contributed by atoms with E-state index in [1.54, 1.807) is 11.3 Å². The number of nitrogens with zero attached hydrogens (tertiary/aromatic N) is 4. The van der Waals surface area contributed by atoms with Crippen molar-refractivity contribution in [3.63, 3.8) is 0 Å². The van der Waals surface area contributed by atoms with Crippen LogP contribution in [0.5, 0.6) is 0 Å². The molecule has 10 heteroatoms. The van der Waals surface area contributed by atoms with Crippen LogP contribution in [0.1, 0.15) is 54.5 Å². The molecule has 3 aliphatic rings. The summed E-state index contributed by atoms with van der Waals surface area (Å²) >= 11 is 1.59. The molecule has 39 heavy (non-hydrogen) atoms. The fourth-order valence-corrected chi connectivity index (χ4v) is 6.92. The van der Waals surface area contributed by atoms with Crippen LogP contribution in [-0.4, -0.2) is 66.2 Å². The average Bonchev–Trinajstić information content (AvgIpc) is 3.86. The van der Waals surface area contributed by atoms with Gasteiger partial charge in [-0.3, -0.25) is 4.98 Å². The standard InChI is InChI=1S/C29H32N6O3S/c1-14-22(28-34-24-21(39-28)9-10-30-23(24)16-7-8-16)27(32-20-11-17(13-36)25(37)26(20)38)35-29(31-14)33-19-12-18(19)15-5-3-2-4-6-15/h2-6,9-10,16-20,25-26,36-38H,7-8,11-13H2,1H3,(H2,31,32,33,35)/t17-,18+,19-,20-,25-,26+/m1/s1. The van der Waals surface area contributed by atoms with E-state index in [-0.39, 0.29) is 12.6 Å². The van der Waals surface area contributed by atoms with Crippen molar-refractivity contribution in [2.24, 2.45) is 5.92 Å². The number of benzene rings is 1. The first kappa shape index (κ1) is 24.8. The van der Waals surface area contributed by atoms with Crippen LogP contribution in [-0.2, 0) is 0 Å². The topological polar surface area (TPSA) is 136 Å². The molecule has 1 aromatic carbocycles. The van der Waals surface area contributed by atoms with E-state index in [9.17, 15) is 15.3 Å². The summed E-state index contributed by atoms with van der Waals surface area (Å²) in [5, 5.41) is 38.6. The molecule has 3 aromatic heterocycles. The number of aliphatic hydroxyl groups excluding tert-OH is 3. The van der Waals surface area contributed by atoms with Crippen molar-refractivity contribution in [3.8, 4) is 10.6 Å². The first-order valence-corrected chi connectivity index (χ1v) is 14.5. The smallest absolute Gasteiger partial charge is 0.225 e. The summed E-state index contributed by atoms with van der Waals surface area (Å²) < 4.78 is 1.08. The fourth-order valence-electron chi connectivity index (χ4n) is 5.85. The van der Waals surface area contributed by atoms with Gasteiger partial charge in [-0.05, 0) is 44.2 Å². The Morgan fingerprint density at radius 2 is 1.77 bits per heavy atom. The zero-order valence-corrected chi connectivity index (χ0v) is 22.5. The number of hydrogen-bond acceptors (Lipinski definition) is 10. The number of aromatic nitrogens is 4. The number of anilines is 2. The first-order chi connectivity index (χ1) is 19.0.